The van der Waals surface area contributed by atoms with Crippen LogP contribution in [0.3, 0.4) is 0 Å². The Bertz CT molecular complexity index is 1000. The maximum Gasteiger partial charge on any atom is 0.238 e. The van der Waals surface area contributed by atoms with Crippen molar-refractivity contribution in [2.24, 2.45) is 0 Å². The van der Waals surface area contributed by atoms with Gasteiger partial charge in [-0.1, -0.05) is 29.8 Å². The Morgan fingerprint density at radius 2 is 1.82 bits per heavy atom. The third-order valence-electron chi connectivity index (χ3n) is 6.50. The zero-order chi connectivity index (χ0) is 23.4. The van der Waals surface area contributed by atoms with Gasteiger partial charge in [-0.15, -0.1) is 0 Å². The summed E-state index contributed by atoms with van der Waals surface area (Å²) in [5.41, 5.74) is 4.14. The van der Waals surface area contributed by atoms with Crippen molar-refractivity contribution >= 4 is 34.8 Å². The lowest BCUT2D eigenvalue weighted by Gasteiger charge is -2.36. The summed E-state index contributed by atoms with van der Waals surface area (Å²) in [6, 6.07) is 14.3. The Balaban J connectivity index is 1.25. The Morgan fingerprint density at radius 3 is 2.52 bits per heavy atom. The molecule has 0 radical (unpaired) electrons. The van der Waals surface area contributed by atoms with Crippen molar-refractivity contribution in [2.75, 3.05) is 49.5 Å². The molecular weight excluding hydrogens is 436 g/mol. The number of nitrogens with one attached hydrogen (secondary N) is 1. The third kappa shape index (κ3) is 6.49. The van der Waals surface area contributed by atoms with Crippen LogP contribution in [0.5, 0.6) is 0 Å². The third-order valence-corrected chi connectivity index (χ3v) is 6.73. The Kier molecular flexibility index (Phi) is 7.56. The van der Waals surface area contributed by atoms with E-state index in [1.165, 1.54) is 0 Å². The molecule has 2 amide bonds. The monoisotopic (exact) mass is 468 g/mol. The molecule has 1 aliphatic carbocycles. The average molecular weight is 469 g/mol. The fourth-order valence-electron chi connectivity index (χ4n) is 4.36. The summed E-state index contributed by atoms with van der Waals surface area (Å²) in [5.74, 6) is 0.152. The molecule has 1 N–H and O–H groups in total. The number of carbonyl (C=O) groups excluding carboxylic acids is 2. The second-order valence-electron chi connectivity index (χ2n) is 9.17. The molecule has 1 aliphatic heterocycles. The van der Waals surface area contributed by atoms with E-state index in [0.29, 0.717) is 38.6 Å². The molecule has 2 aromatic rings. The van der Waals surface area contributed by atoms with Gasteiger partial charge in [0.05, 0.1) is 6.54 Å². The number of carbonyl (C=O) groups is 2. The highest BCUT2D eigenvalue weighted by Gasteiger charge is 2.31. The van der Waals surface area contributed by atoms with Crippen molar-refractivity contribution in [2.45, 2.75) is 39.2 Å². The highest BCUT2D eigenvalue weighted by Crippen LogP contribution is 2.27. The lowest BCUT2D eigenvalue weighted by molar-refractivity contribution is -0.132. The zero-order valence-electron chi connectivity index (χ0n) is 19.5. The Morgan fingerprint density at radius 1 is 1.06 bits per heavy atom. The molecule has 4 rings (SSSR count). The summed E-state index contributed by atoms with van der Waals surface area (Å²) in [6.07, 6.45) is 2.65. The number of hydrogen-bond donors (Lipinski definition) is 1. The summed E-state index contributed by atoms with van der Waals surface area (Å²) in [7, 11) is 0. The second kappa shape index (κ2) is 10.6. The minimum atomic E-state index is -0.0156. The highest BCUT2D eigenvalue weighted by molar-refractivity contribution is 6.30. The van der Waals surface area contributed by atoms with E-state index in [4.69, 9.17) is 11.6 Å². The molecule has 0 aromatic heterocycles. The van der Waals surface area contributed by atoms with Crippen LogP contribution in [0.15, 0.2) is 42.5 Å². The molecule has 1 heterocycles. The lowest BCUT2D eigenvalue weighted by atomic mass is 10.1. The van der Waals surface area contributed by atoms with Crippen molar-refractivity contribution in [3.63, 3.8) is 0 Å². The normalized spacial score (nSPS) is 16.2. The summed E-state index contributed by atoms with van der Waals surface area (Å²) < 4.78 is 0. The maximum atomic E-state index is 12.9. The summed E-state index contributed by atoms with van der Waals surface area (Å²) >= 11 is 6.12. The van der Waals surface area contributed by atoms with Crippen LogP contribution in [0.1, 0.15) is 30.4 Å². The lowest BCUT2D eigenvalue weighted by Crippen LogP contribution is -2.49. The van der Waals surface area contributed by atoms with E-state index in [1.54, 1.807) is 0 Å². The van der Waals surface area contributed by atoms with E-state index in [0.717, 1.165) is 53.5 Å². The molecular formula is C26H33ClN4O2. The van der Waals surface area contributed by atoms with E-state index < -0.39 is 0 Å². The Hall–Kier alpha value is -2.57. The van der Waals surface area contributed by atoms with Crippen LogP contribution >= 0.6 is 11.6 Å². The van der Waals surface area contributed by atoms with Crippen LogP contribution in [0.4, 0.5) is 11.4 Å². The van der Waals surface area contributed by atoms with E-state index >= 15 is 0 Å². The van der Waals surface area contributed by atoms with E-state index in [2.05, 4.69) is 21.2 Å². The van der Waals surface area contributed by atoms with Crippen LogP contribution in [0.2, 0.25) is 5.02 Å². The van der Waals surface area contributed by atoms with Gasteiger partial charge in [0.2, 0.25) is 11.8 Å². The minimum Gasteiger partial charge on any atom is -0.368 e. The number of amides is 2. The van der Waals surface area contributed by atoms with Crippen molar-refractivity contribution in [1.82, 2.24) is 9.80 Å². The number of halogens is 1. The standard InChI is InChI=1S/C26H33ClN4O2/c1-19-6-7-20(2)24(16-19)28-25(32)18-31(22-8-9-22)11-10-26(33)30-14-12-29(13-15-30)23-5-3-4-21(27)17-23/h3-7,16-17,22H,8-15,18H2,1-2H3,(H,28,32). The predicted octanol–water partition coefficient (Wildman–Crippen LogP) is 4.10. The average Bonchev–Trinajstić information content (AvgIpc) is 3.64. The van der Waals surface area contributed by atoms with Gasteiger partial charge in [0.25, 0.3) is 0 Å². The SMILES string of the molecule is Cc1ccc(C)c(NC(=O)CN(CCC(=O)N2CCN(c3cccc(Cl)c3)CC2)C2CC2)c1. The molecule has 2 fully saturated rings. The van der Waals surface area contributed by atoms with Crippen LogP contribution in [0, 0.1) is 13.8 Å². The van der Waals surface area contributed by atoms with Gasteiger partial charge >= 0.3 is 0 Å². The molecule has 2 aliphatic rings. The van der Waals surface area contributed by atoms with E-state index in [9.17, 15) is 9.59 Å². The smallest absolute Gasteiger partial charge is 0.238 e. The quantitative estimate of drug-likeness (QED) is 0.633. The van der Waals surface area contributed by atoms with Gasteiger partial charge in [0, 0.05) is 61.6 Å². The number of rotatable bonds is 8. The number of aryl methyl sites for hydroxylation is 2. The molecule has 176 valence electrons. The maximum absolute atomic E-state index is 12.9. The first-order valence-corrected chi connectivity index (χ1v) is 12.2. The molecule has 1 saturated carbocycles. The van der Waals surface area contributed by atoms with Gasteiger partial charge in [-0.05, 0) is 62.1 Å². The fraction of sp³-hybridized carbons (Fsp3) is 0.462. The molecule has 0 atom stereocenters. The fourth-order valence-corrected chi connectivity index (χ4v) is 4.54. The van der Waals surface area contributed by atoms with E-state index in [-0.39, 0.29) is 11.8 Å². The van der Waals surface area contributed by atoms with Crippen molar-refractivity contribution in [3.8, 4) is 0 Å². The van der Waals surface area contributed by atoms with Crippen molar-refractivity contribution < 1.29 is 9.59 Å². The zero-order valence-corrected chi connectivity index (χ0v) is 20.3. The topological polar surface area (TPSA) is 55.9 Å². The van der Waals surface area contributed by atoms with Crippen LogP contribution < -0.4 is 10.2 Å². The Labute approximate surface area is 201 Å². The van der Waals surface area contributed by atoms with Crippen molar-refractivity contribution in [1.29, 1.82) is 0 Å². The molecule has 0 spiro atoms. The van der Waals surface area contributed by atoms with Crippen LogP contribution in [0.25, 0.3) is 0 Å². The van der Waals surface area contributed by atoms with Gasteiger partial charge in [-0.3, -0.25) is 14.5 Å². The number of piperazine rings is 1. The largest absolute Gasteiger partial charge is 0.368 e. The number of anilines is 2. The van der Waals surface area contributed by atoms with Gasteiger partial charge in [-0.2, -0.15) is 0 Å². The first-order valence-electron chi connectivity index (χ1n) is 11.8. The van der Waals surface area contributed by atoms with E-state index in [1.807, 2.05) is 55.1 Å². The molecule has 7 heteroatoms. The first-order chi connectivity index (χ1) is 15.9. The molecule has 33 heavy (non-hydrogen) atoms. The molecule has 1 saturated heterocycles. The van der Waals surface area contributed by atoms with Crippen LogP contribution in [-0.2, 0) is 9.59 Å². The molecule has 0 bridgehead atoms. The predicted molar refractivity (Wildman–Crippen MR) is 134 cm³/mol. The highest BCUT2D eigenvalue weighted by atomic mass is 35.5. The number of hydrogen-bond acceptors (Lipinski definition) is 4. The number of nitrogens with zero attached hydrogens (tertiary/aromatic N) is 3. The van der Waals surface area contributed by atoms with Gasteiger partial charge in [0.1, 0.15) is 0 Å². The summed E-state index contributed by atoms with van der Waals surface area (Å²) in [5, 5.41) is 3.78. The molecule has 0 unspecified atom stereocenters. The first kappa shape index (κ1) is 23.6. The van der Waals surface area contributed by atoms with Gasteiger partial charge in [-0.25, -0.2) is 0 Å². The van der Waals surface area contributed by atoms with Gasteiger partial charge < -0.3 is 15.1 Å². The second-order valence-corrected chi connectivity index (χ2v) is 9.60. The number of benzene rings is 2. The molecule has 2 aromatic carbocycles. The summed E-state index contributed by atoms with van der Waals surface area (Å²) in [4.78, 5) is 31.9. The van der Waals surface area contributed by atoms with Crippen LogP contribution in [-0.4, -0.2) is 66.9 Å². The summed E-state index contributed by atoms with van der Waals surface area (Å²) in [6.45, 7) is 7.99. The van der Waals surface area contributed by atoms with Crippen molar-refractivity contribution in [3.05, 3.63) is 58.6 Å². The minimum absolute atomic E-state index is 0.0156. The molecule has 6 nitrogen and oxygen atoms in total. The van der Waals surface area contributed by atoms with Gasteiger partial charge in [0.15, 0.2) is 0 Å².